The number of carbonyl (C=O) groups excluding carboxylic acids is 1. The number of nitrogens with zero attached hydrogens (tertiary/aromatic N) is 2. The van der Waals surface area contributed by atoms with E-state index in [4.69, 9.17) is 9.84 Å². The molecule has 0 radical (unpaired) electrons. The normalized spacial score (nSPS) is 19.0. The quantitative estimate of drug-likeness (QED) is 0.749. The highest BCUT2D eigenvalue weighted by Gasteiger charge is 2.48. The lowest BCUT2D eigenvalue weighted by molar-refractivity contribution is -0.136. The summed E-state index contributed by atoms with van der Waals surface area (Å²) in [4.78, 5) is 28.6. The summed E-state index contributed by atoms with van der Waals surface area (Å²) in [6.07, 6.45) is -3.10. The lowest BCUT2D eigenvalue weighted by Gasteiger charge is -2.51. The predicted molar refractivity (Wildman–Crippen MR) is 103 cm³/mol. The van der Waals surface area contributed by atoms with Crippen molar-refractivity contribution in [3.8, 4) is 5.88 Å². The highest BCUT2D eigenvalue weighted by molar-refractivity contribution is 7.17. The van der Waals surface area contributed by atoms with Gasteiger partial charge in [-0.05, 0) is 31.1 Å². The topological polar surface area (TPSA) is 91.8 Å². The monoisotopic (exact) mass is 443 g/mol. The molecule has 1 aliphatic carbocycles. The molecule has 7 nitrogen and oxygen atoms in total. The first-order valence-electron chi connectivity index (χ1n) is 9.48. The van der Waals surface area contributed by atoms with Crippen LogP contribution in [0.15, 0.2) is 11.4 Å². The van der Waals surface area contributed by atoms with E-state index in [0.29, 0.717) is 38.8 Å². The summed E-state index contributed by atoms with van der Waals surface area (Å²) in [5, 5.41) is 12.8. The van der Waals surface area contributed by atoms with E-state index >= 15 is 0 Å². The molecule has 3 heterocycles. The van der Waals surface area contributed by atoms with Crippen LogP contribution in [-0.4, -0.2) is 53.2 Å². The zero-order chi connectivity index (χ0) is 21.7. The first kappa shape index (κ1) is 20.7. The van der Waals surface area contributed by atoms with Gasteiger partial charge in [-0.3, -0.25) is 4.79 Å². The minimum atomic E-state index is -4.60. The minimum Gasteiger partial charge on any atom is -0.474 e. The molecule has 162 valence electrons. The molecule has 2 aliphatic rings. The van der Waals surface area contributed by atoms with Crippen LogP contribution >= 0.6 is 11.3 Å². The second kappa shape index (κ2) is 7.29. The molecular weight excluding hydrogens is 423 g/mol. The van der Waals surface area contributed by atoms with Crippen LogP contribution < -0.4 is 10.1 Å². The number of halogens is 3. The van der Waals surface area contributed by atoms with Crippen LogP contribution in [0.4, 0.5) is 18.0 Å². The molecule has 2 fully saturated rings. The third-order valence-corrected chi connectivity index (χ3v) is 6.98. The Bertz CT molecular complexity index is 991. The Morgan fingerprint density at radius 2 is 2.00 bits per heavy atom. The number of nitrogens with one attached hydrogen (secondary N) is 1. The molecule has 0 unspecified atom stereocenters. The SMILES string of the molecule is CNC(=O)c1csc2c(C(F)(F)F)cc(OC3CC4(CCN(C(=O)O)CC4)C3)nc12. The van der Waals surface area contributed by atoms with Crippen molar-refractivity contribution in [1.82, 2.24) is 15.2 Å². The van der Waals surface area contributed by atoms with Gasteiger partial charge in [-0.15, -0.1) is 11.3 Å². The minimum absolute atomic E-state index is 0.0204. The second-order valence-corrected chi connectivity index (χ2v) is 8.71. The summed E-state index contributed by atoms with van der Waals surface area (Å²) in [5.41, 5.74) is -0.831. The molecule has 0 bridgehead atoms. The number of hydrogen-bond donors (Lipinski definition) is 2. The number of rotatable bonds is 3. The Labute approximate surface area is 173 Å². The van der Waals surface area contributed by atoms with E-state index in [9.17, 15) is 22.8 Å². The smallest absolute Gasteiger partial charge is 0.418 e. The van der Waals surface area contributed by atoms with Gasteiger partial charge in [0.1, 0.15) is 6.10 Å². The van der Waals surface area contributed by atoms with E-state index in [1.165, 1.54) is 17.3 Å². The van der Waals surface area contributed by atoms with E-state index in [-0.39, 0.29) is 33.2 Å². The van der Waals surface area contributed by atoms with Crippen LogP contribution in [0.25, 0.3) is 10.2 Å². The van der Waals surface area contributed by atoms with Gasteiger partial charge in [0.25, 0.3) is 5.91 Å². The summed E-state index contributed by atoms with van der Waals surface area (Å²) in [6.45, 7) is 0.907. The van der Waals surface area contributed by atoms with Gasteiger partial charge in [0.05, 0.1) is 21.3 Å². The maximum Gasteiger partial charge on any atom is 0.418 e. The van der Waals surface area contributed by atoms with Gasteiger partial charge in [0, 0.05) is 31.6 Å². The average Bonchev–Trinajstić information content (AvgIpc) is 3.09. The number of piperidine rings is 1. The highest BCUT2D eigenvalue weighted by Crippen LogP contribution is 2.50. The molecule has 4 rings (SSSR count). The third-order valence-electron chi connectivity index (χ3n) is 5.98. The van der Waals surface area contributed by atoms with Crippen molar-refractivity contribution in [2.75, 3.05) is 20.1 Å². The fourth-order valence-electron chi connectivity index (χ4n) is 4.29. The summed E-state index contributed by atoms with van der Waals surface area (Å²) >= 11 is 0.827. The summed E-state index contributed by atoms with van der Waals surface area (Å²) in [7, 11) is 1.40. The molecule has 2 aromatic heterocycles. The number of hydrogen-bond acceptors (Lipinski definition) is 5. The van der Waals surface area contributed by atoms with Gasteiger partial charge in [-0.1, -0.05) is 0 Å². The summed E-state index contributed by atoms with van der Waals surface area (Å²) < 4.78 is 46.4. The second-order valence-electron chi connectivity index (χ2n) is 7.83. The van der Waals surface area contributed by atoms with Crippen LogP contribution in [0.3, 0.4) is 0 Å². The molecule has 1 aliphatic heterocycles. The van der Waals surface area contributed by atoms with Crippen molar-refractivity contribution in [3.05, 3.63) is 22.6 Å². The Morgan fingerprint density at radius 3 is 2.57 bits per heavy atom. The molecule has 1 spiro atoms. The fraction of sp³-hybridized carbons (Fsp3) is 0.526. The van der Waals surface area contributed by atoms with Gasteiger partial charge < -0.3 is 20.1 Å². The zero-order valence-corrected chi connectivity index (χ0v) is 16.9. The summed E-state index contributed by atoms with van der Waals surface area (Å²) in [5.74, 6) is -0.659. The molecule has 2 amide bonds. The third kappa shape index (κ3) is 3.66. The Kier molecular flexibility index (Phi) is 5.03. The number of pyridine rings is 1. The van der Waals surface area contributed by atoms with Crippen molar-refractivity contribution < 1.29 is 32.6 Å². The number of aromatic nitrogens is 1. The van der Waals surface area contributed by atoms with Crippen molar-refractivity contribution in [1.29, 1.82) is 0 Å². The standard InChI is InChI=1S/C19H20F3N3O4S/c1-23-16(26)11-9-30-15-12(19(20,21)22)6-13(24-14(11)15)29-10-7-18(8-10)2-4-25(5-3-18)17(27)28/h6,9-10H,2-5,7-8H2,1H3,(H,23,26)(H,27,28). The lowest BCUT2D eigenvalue weighted by atomic mass is 9.61. The Balaban J connectivity index is 1.54. The lowest BCUT2D eigenvalue weighted by Crippen LogP contribution is -2.51. The number of carbonyl (C=O) groups is 2. The number of thiophene rings is 1. The van der Waals surface area contributed by atoms with E-state index in [2.05, 4.69) is 10.3 Å². The van der Waals surface area contributed by atoms with Gasteiger partial charge >= 0.3 is 12.3 Å². The molecule has 1 saturated carbocycles. The van der Waals surface area contributed by atoms with Crippen LogP contribution in [0.2, 0.25) is 0 Å². The van der Waals surface area contributed by atoms with Crippen molar-refractivity contribution >= 4 is 33.6 Å². The van der Waals surface area contributed by atoms with Crippen molar-refractivity contribution in [2.45, 2.75) is 38.0 Å². The zero-order valence-electron chi connectivity index (χ0n) is 16.1. The first-order chi connectivity index (χ1) is 14.1. The number of ether oxygens (including phenoxy) is 1. The largest absolute Gasteiger partial charge is 0.474 e. The summed E-state index contributed by atoms with van der Waals surface area (Å²) in [6, 6.07) is 0.893. The average molecular weight is 443 g/mol. The molecule has 30 heavy (non-hydrogen) atoms. The molecule has 0 atom stereocenters. The van der Waals surface area contributed by atoms with Crippen LogP contribution in [-0.2, 0) is 6.18 Å². The van der Waals surface area contributed by atoms with E-state index in [1.54, 1.807) is 0 Å². The molecule has 1 saturated heterocycles. The maximum atomic E-state index is 13.6. The van der Waals surface area contributed by atoms with Crippen LogP contribution in [0, 0.1) is 5.41 Å². The highest BCUT2D eigenvalue weighted by atomic mass is 32.1. The predicted octanol–water partition coefficient (Wildman–Crippen LogP) is 3.98. The number of alkyl halides is 3. The fourth-order valence-corrected chi connectivity index (χ4v) is 5.32. The van der Waals surface area contributed by atoms with E-state index < -0.39 is 23.7 Å². The molecule has 2 aromatic rings. The van der Waals surface area contributed by atoms with Crippen LogP contribution in [0.1, 0.15) is 41.6 Å². The van der Waals surface area contributed by atoms with Crippen LogP contribution in [0.5, 0.6) is 5.88 Å². The Morgan fingerprint density at radius 1 is 1.33 bits per heavy atom. The number of carboxylic acid groups (broad SMARTS) is 1. The van der Waals surface area contributed by atoms with E-state index in [1.807, 2.05) is 0 Å². The number of amides is 2. The number of fused-ring (bicyclic) bond motifs is 1. The number of likely N-dealkylation sites (tertiary alicyclic amines) is 1. The molecular formula is C19H20F3N3O4S. The molecule has 11 heteroatoms. The van der Waals surface area contributed by atoms with E-state index in [0.717, 1.165) is 17.4 Å². The van der Waals surface area contributed by atoms with Crippen molar-refractivity contribution in [2.24, 2.45) is 5.41 Å². The maximum absolute atomic E-state index is 13.6. The molecule has 2 N–H and O–H groups in total. The van der Waals surface area contributed by atoms with Gasteiger partial charge in [0.15, 0.2) is 0 Å². The molecule has 0 aromatic carbocycles. The Hall–Kier alpha value is -2.56. The van der Waals surface area contributed by atoms with Gasteiger partial charge in [-0.2, -0.15) is 13.2 Å². The van der Waals surface area contributed by atoms with Gasteiger partial charge in [0.2, 0.25) is 5.88 Å². The van der Waals surface area contributed by atoms with Crippen molar-refractivity contribution in [3.63, 3.8) is 0 Å². The first-order valence-corrected chi connectivity index (χ1v) is 10.4. The van der Waals surface area contributed by atoms with Gasteiger partial charge in [-0.25, -0.2) is 9.78 Å².